The van der Waals surface area contributed by atoms with Gasteiger partial charge in [-0.2, -0.15) is 17.4 Å². The van der Waals surface area contributed by atoms with Crippen molar-refractivity contribution in [3.05, 3.63) is 0 Å². The molecule has 112 valence electrons. The lowest BCUT2D eigenvalue weighted by molar-refractivity contribution is 0.282. The molecule has 4 N–H and O–H groups in total. The molecular weight excluding hydrogens is 268 g/mol. The molecule has 0 aliphatic carbocycles. The van der Waals surface area contributed by atoms with E-state index in [-0.39, 0.29) is 11.8 Å². The van der Waals surface area contributed by atoms with Gasteiger partial charge in [-0.25, -0.2) is 0 Å². The van der Waals surface area contributed by atoms with Gasteiger partial charge in [-0.05, 0) is 24.7 Å². The fraction of sp³-hybridized carbons (Fsp3) is 0.909. The molecule has 8 heteroatoms. The molecule has 1 fully saturated rings. The molecule has 1 rings (SSSR count). The van der Waals surface area contributed by atoms with Crippen LogP contribution in [0.25, 0.3) is 0 Å². The van der Waals surface area contributed by atoms with Crippen LogP contribution >= 0.6 is 0 Å². The van der Waals surface area contributed by atoms with E-state index in [1.807, 2.05) is 13.8 Å². The SMILES string of the molecule is CC1CCN(S(=O)(=O)NC(C(N)=NO)C(C)C)CC1. The number of nitrogens with zero attached hydrogens (tertiary/aromatic N) is 2. The molecule has 0 amide bonds. The van der Waals surface area contributed by atoms with Gasteiger partial charge in [-0.3, -0.25) is 0 Å². The number of hydrogen-bond donors (Lipinski definition) is 3. The van der Waals surface area contributed by atoms with Gasteiger partial charge in [-0.15, -0.1) is 0 Å². The van der Waals surface area contributed by atoms with Crippen LogP contribution in [0.4, 0.5) is 0 Å². The normalized spacial score (nSPS) is 21.8. The van der Waals surface area contributed by atoms with Crippen LogP contribution in [0.15, 0.2) is 5.16 Å². The smallest absolute Gasteiger partial charge is 0.280 e. The maximum absolute atomic E-state index is 12.3. The van der Waals surface area contributed by atoms with Crippen molar-refractivity contribution in [1.29, 1.82) is 0 Å². The number of amidine groups is 1. The zero-order valence-electron chi connectivity index (χ0n) is 11.7. The maximum atomic E-state index is 12.3. The summed E-state index contributed by atoms with van der Waals surface area (Å²) in [6.07, 6.45) is 1.72. The Hall–Kier alpha value is -0.860. The summed E-state index contributed by atoms with van der Waals surface area (Å²) < 4.78 is 28.4. The van der Waals surface area contributed by atoms with Crippen LogP contribution in [-0.2, 0) is 10.2 Å². The van der Waals surface area contributed by atoms with Gasteiger partial charge in [0, 0.05) is 13.1 Å². The first-order valence-corrected chi connectivity index (χ1v) is 7.96. The average molecular weight is 292 g/mol. The Morgan fingerprint density at radius 2 is 1.95 bits per heavy atom. The molecule has 1 aliphatic heterocycles. The van der Waals surface area contributed by atoms with Crippen molar-refractivity contribution in [1.82, 2.24) is 9.03 Å². The predicted octanol–water partition coefficient (Wildman–Crippen LogP) is 0.324. The maximum Gasteiger partial charge on any atom is 0.280 e. The number of nitrogens with two attached hydrogens (primary N) is 1. The standard InChI is InChI=1S/C11H24N4O3S/c1-8(2)10(11(12)13-16)14-19(17,18)15-6-4-9(3)5-7-15/h8-10,14,16H,4-7H2,1-3H3,(H2,12,13). The van der Waals surface area contributed by atoms with Crippen LogP contribution in [0.3, 0.4) is 0 Å². The largest absolute Gasteiger partial charge is 0.409 e. The molecule has 0 radical (unpaired) electrons. The van der Waals surface area contributed by atoms with Crippen molar-refractivity contribution in [3.63, 3.8) is 0 Å². The number of nitrogens with one attached hydrogen (secondary N) is 1. The van der Waals surface area contributed by atoms with E-state index >= 15 is 0 Å². The fourth-order valence-electron chi connectivity index (χ4n) is 2.06. The minimum atomic E-state index is -3.59. The highest BCUT2D eigenvalue weighted by Crippen LogP contribution is 2.18. The second-order valence-electron chi connectivity index (χ2n) is 5.45. The molecule has 1 saturated heterocycles. The Kier molecular flexibility index (Phi) is 5.57. The van der Waals surface area contributed by atoms with Gasteiger partial charge >= 0.3 is 0 Å². The van der Waals surface area contributed by atoms with E-state index in [4.69, 9.17) is 10.9 Å². The number of hydrogen-bond acceptors (Lipinski definition) is 4. The monoisotopic (exact) mass is 292 g/mol. The van der Waals surface area contributed by atoms with Crippen molar-refractivity contribution in [2.75, 3.05) is 13.1 Å². The lowest BCUT2D eigenvalue weighted by atomic mass is 10.0. The number of piperidine rings is 1. The van der Waals surface area contributed by atoms with E-state index in [2.05, 4.69) is 16.8 Å². The molecule has 0 aromatic carbocycles. The molecule has 1 aliphatic rings. The Morgan fingerprint density at radius 1 is 1.42 bits per heavy atom. The first kappa shape index (κ1) is 16.2. The first-order valence-electron chi connectivity index (χ1n) is 6.52. The summed E-state index contributed by atoms with van der Waals surface area (Å²) in [5, 5.41) is 11.6. The quantitative estimate of drug-likeness (QED) is 0.293. The molecule has 0 aromatic heterocycles. The third kappa shape index (κ3) is 4.32. The minimum Gasteiger partial charge on any atom is -0.409 e. The highest BCUT2D eigenvalue weighted by atomic mass is 32.2. The van der Waals surface area contributed by atoms with E-state index in [1.165, 1.54) is 4.31 Å². The zero-order valence-corrected chi connectivity index (χ0v) is 12.5. The van der Waals surface area contributed by atoms with E-state index in [0.29, 0.717) is 19.0 Å². The summed E-state index contributed by atoms with van der Waals surface area (Å²) in [5.74, 6) is 0.328. The lowest BCUT2D eigenvalue weighted by Gasteiger charge is -2.31. The van der Waals surface area contributed by atoms with Crippen LogP contribution in [0.5, 0.6) is 0 Å². The summed E-state index contributed by atoms with van der Waals surface area (Å²) >= 11 is 0. The molecular formula is C11H24N4O3S. The highest BCUT2D eigenvalue weighted by Gasteiger charge is 2.31. The van der Waals surface area contributed by atoms with Gasteiger partial charge in [0.2, 0.25) is 0 Å². The lowest BCUT2D eigenvalue weighted by Crippen LogP contribution is -2.53. The van der Waals surface area contributed by atoms with Gasteiger partial charge in [0.1, 0.15) is 0 Å². The third-order valence-electron chi connectivity index (χ3n) is 3.46. The minimum absolute atomic E-state index is 0.102. The van der Waals surface area contributed by atoms with E-state index < -0.39 is 16.3 Å². The number of oxime groups is 1. The summed E-state index contributed by atoms with van der Waals surface area (Å²) in [7, 11) is -3.59. The Bertz CT molecular complexity index is 414. The van der Waals surface area contributed by atoms with Crippen molar-refractivity contribution >= 4 is 16.0 Å². The van der Waals surface area contributed by atoms with Crippen LogP contribution in [0.1, 0.15) is 33.6 Å². The van der Waals surface area contributed by atoms with Gasteiger partial charge < -0.3 is 10.9 Å². The molecule has 1 unspecified atom stereocenters. The topological polar surface area (TPSA) is 108 Å². The third-order valence-corrected chi connectivity index (χ3v) is 5.06. The number of rotatable bonds is 5. The molecule has 1 atom stereocenters. The van der Waals surface area contributed by atoms with Gasteiger partial charge in [-0.1, -0.05) is 25.9 Å². The van der Waals surface area contributed by atoms with E-state index in [9.17, 15) is 8.42 Å². The van der Waals surface area contributed by atoms with Crippen LogP contribution in [0, 0.1) is 11.8 Å². The Labute approximate surface area is 115 Å². The molecule has 0 aromatic rings. The average Bonchev–Trinajstić information content (AvgIpc) is 2.35. The predicted molar refractivity (Wildman–Crippen MR) is 74.1 cm³/mol. The van der Waals surface area contributed by atoms with Crippen molar-refractivity contribution in [3.8, 4) is 0 Å². The Balaban J connectivity index is 2.77. The van der Waals surface area contributed by atoms with E-state index in [0.717, 1.165) is 12.8 Å². The van der Waals surface area contributed by atoms with Gasteiger partial charge in [0.15, 0.2) is 5.84 Å². The molecule has 0 spiro atoms. The summed E-state index contributed by atoms with van der Waals surface area (Å²) in [4.78, 5) is 0. The second-order valence-corrected chi connectivity index (χ2v) is 7.15. The highest BCUT2D eigenvalue weighted by molar-refractivity contribution is 7.87. The molecule has 19 heavy (non-hydrogen) atoms. The molecule has 1 heterocycles. The Morgan fingerprint density at radius 3 is 2.37 bits per heavy atom. The first-order chi connectivity index (χ1) is 8.77. The summed E-state index contributed by atoms with van der Waals surface area (Å²) in [6, 6.07) is -0.700. The summed E-state index contributed by atoms with van der Waals surface area (Å²) in [6.45, 7) is 6.76. The van der Waals surface area contributed by atoms with Crippen LogP contribution in [0.2, 0.25) is 0 Å². The zero-order chi connectivity index (χ0) is 14.6. The van der Waals surface area contributed by atoms with Gasteiger partial charge in [0.25, 0.3) is 10.2 Å². The molecule has 0 bridgehead atoms. The molecule has 7 nitrogen and oxygen atoms in total. The van der Waals surface area contributed by atoms with Crippen LogP contribution < -0.4 is 10.5 Å². The van der Waals surface area contributed by atoms with Crippen molar-refractivity contribution in [2.24, 2.45) is 22.7 Å². The summed E-state index contributed by atoms with van der Waals surface area (Å²) in [5.41, 5.74) is 5.53. The fourth-order valence-corrected chi connectivity index (χ4v) is 3.61. The van der Waals surface area contributed by atoms with E-state index in [1.54, 1.807) is 0 Å². The van der Waals surface area contributed by atoms with Crippen molar-refractivity contribution < 1.29 is 13.6 Å². The van der Waals surface area contributed by atoms with Gasteiger partial charge in [0.05, 0.1) is 6.04 Å². The van der Waals surface area contributed by atoms with Crippen molar-refractivity contribution in [2.45, 2.75) is 39.7 Å². The molecule has 0 saturated carbocycles. The van der Waals surface area contributed by atoms with Crippen LogP contribution in [-0.4, -0.2) is 42.9 Å². The second kappa shape index (κ2) is 6.53.